The van der Waals surface area contributed by atoms with Crippen molar-refractivity contribution in [3.63, 3.8) is 0 Å². The highest BCUT2D eigenvalue weighted by atomic mass is 16.5. The fourth-order valence-electron chi connectivity index (χ4n) is 3.55. The van der Waals surface area contributed by atoms with Gasteiger partial charge in [-0.2, -0.15) is 0 Å². The minimum atomic E-state index is -0.599. The largest absolute Gasteiger partial charge is 0.481 e. The molecule has 5 heteroatoms. The van der Waals surface area contributed by atoms with Gasteiger partial charge in [-0.05, 0) is 61.1 Å². The molecule has 1 N–H and O–H groups in total. The summed E-state index contributed by atoms with van der Waals surface area (Å²) in [5.41, 5.74) is 4.05. The zero-order valence-electron chi connectivity index (χ0n) is 17.7. The number of amides is 2. The zero-order valence-corrected chi connectivity index (χ0v) is 17.7. The molecule has 0 spiro atoms. The van der Waals surface area contributed by atoms with Gasteiger partial charge in [0.15, 0.2) is 6.10 Å². The number of ether oxygens (including phenoxy) is 1. The van der Waals surface area contributed by atoms with Gasteiger partial charge in [0.25, 0.3) is 5.91 Å². The Balaban J connectivity index is 1.61. The Kier molecular flexibility index (Phi) is 6.57. The van der Waals surface area contributed by atoms with Crippen LogP contribution in [-0.4, -0.2) is 24.5 Å². The lowest BCUT2D eigenvalue weighted by atomic mass is 10.0. The van der Waals surface area contributed by atoms with E-state index in [0.29, 0.717) is 18.9 Å². The van der Waals surface area contributed by atoms with E-state index < -0.39 is 6.10 Å². The van der Waals surface area contributed by atoms with E-state index in [2.05, 4.69) is 31.3 Å². The highest BCUT2D eigenvalue weighted by molar-refractivity contribution is 5.95. The Hall–Kier alpha value is -2.82. The third kappa shape index (κ3) is 5.17. The number of carbonyl (C=O) groups is 2. The van der Waals surface area contributed by atoms with Crippen molar-refractivity contribution in [2.24, 2.45) is 0 Å². The van der Waals surface area contributed by atoms with Gasteiger partial charge in [-0.25, -0.2) is 0 Å². The molecule has 1 aliphatic heterocycles. The molecule has 29 heavy (non-hydrogen) atoms. The van der Waals surface area contributed by atoms with Crippen molar-refractivity contribution < 1.29 is 14.3 Å². The summed E-state index contributed by atoms with van der Waals surface area (Å²) in [5, 5.41) is 2.94. The Morgan fingerprint density at radius 1 is 1.17 bits per heavy atom. The van der Waals surface area contributed by atoms with Crippen LogP contribution in [0.5, 0.6) is 5.75 Å². The van der Waals surface area contributed by atoms with Crippen LogP contribution < -0.4 is 15.0 Å². The second-order valence-corrected chi connectivity index (χ2v) is 7.99. The lowest BCUT2D eigenvalue weighted by Crippen LogP contribution is -2.36. The molecule has 0 bridgehead atoms. The Labute approximate surface area is 173 Å². The number of aryl methyl sites for hydroxylation is 1. The van der Waals surface area contributed by atoms with Crippen molar-refractivity contribution in [2.45, 2.75) is 59.1 Å². The van der Waals surface area contributed by atoms with Crippen molar-refractivity contribution >= 4 is 17.5 Å². The van der Waals surface area contributed by atoms with E-state index in [4.69, 9.17) is 4.74 Å². The molecule has 5 nitrogen and oxygen atoms in total. The lowest BCUT2D eigenvalue weighted by Gasteiger charge is -2.20. The van der Waals surface area contributed by atoms with Crippen LogP contribution in [0.4, 0.5) is 5.69 Å². The molecule has 0 radical (unpaired) electrons. The SMILES string of the molecule is Cc1ccc(C(C)C)c(O[C@@H](C)C(=O)NCc2cccc(N3CCCC3=O)c2)c1. The van der Waals surface area contributed by atoms with Crippen LogP contribution in [0.3, 0.4) is 0 Å². The summed E-state index contributed by atoms with van der Waals surface area (Å²) >= 11 is 0. The first kappa shape index (κ1) is 20.9. The summed E-state index contributed by atoms with van der Waals surface area (Å²) in [6.45, 7) is 9.16. The van der Waals surface area contributed by atoms with Crippen LogP contribution in [0, 0.1) is 6.92 Å². The van der Waals surface area contributed by atoms with Crippen LogP contribution in [0.25, 0.3) is 0 Å². The summed E-state index contributed by atoms with van der Waals surface area (Å²) in [6.07, 6.45) is 0.900. The summed E-state index contributed by atoms with van der Waals surface area (Å²) < 4.78 is 5.99. The monoisotopic (exact) mass is 394 g/mol. The molecule has 0 unspecified atom stereocenters. The van der Waals surface area contributed by atoms with Crippen LogP contribution in [-0.2, 0) is 16.1 Å². The second-order valence-electron chi connectivity index (χ2n) is 7.99. The molecule has 3 rings (SSSR count). The first-order valence-electron chi connectivity index (χ1n) is 10.3. The molecule has 1 atom stereocenters. The molecule has 2 amide bonds. The maximum atomic E-state index is 12.6. The number of carbonyl (C=O) groups excluding carboxylic acids is 2. The number of nitrogens with zero attached hydrogens (tertiary/aromatic N) is 1. The second kappa shape index (κ2) is 9.12. The van der Waals surface area contributed by atoms with Crippen molar-refractivity contribution in [3.8, 4) is 5.75 Å². The van der Waals surface area contributed by atoms with E-state index in [-0.39, 0.29) is 11.8 Å². The molecule has 2 aromatic rings. The number of hydrogen-bond acceptors (Lipinski definition) is 3. The average Bonchev–Trinajstić information content (AvgIpc) is 3.12. The standard InChI is InChI=1S/C24H30N2O3/c1-16(2)21-11-10-17(3)13-22(21)29-18(4)24(28)25-15-19-7-5-8-20(14-19)26-12-6-9-23(26)27/h5,7-8,10-11,13-14,16,18H,6,9,12,15H2,1-4H3,(H,25,28)/t18-/m0/s1. The van der Waals surface area contributed by atoms with Crippen LogP contribution in [0.2, 0.25) is 0 Å². The van der Waals surface area contributed by atoms with E-state index in [1.807, 2.05) is 42.2 Å². The summed E-state index contributed by atoms with van der Waals surface area (Å²) in [4.78, 5) is 26.3. The van der Waals surface area contributed by atoms with Gasteiger partial charge in [-0.15, -0.1) is 0 Å². The van der Waals surface area contributed by atoms with Crippen molar-refractivity contribution in [2.75, 3.05) is 11.4 Å². The van der Waals surface area contributed by atoms with Gasteiger partial charge < -0.3 is 15.0 Å². The Morgan fingerprint density at radius 3 is 2.66 bits per heavy atom. The number of rotatable bonds is 7. The van der Waals surface area contributed by atoms with Crippen molar-refractivity contribution in [3.05, 3.63) is 59.2 Å². The number of anilines is 1. The van der Waals surface area contributed by atoms with Crippen LogP contribution >= 0.6 is 0 Å². The van der Waals surface area contributed by atoms with E-state index >= 15 is 0 Å². The maximum absolute atomic E-state index is 12.6. The van der Waals surface area contributed by atoms with Gasteiger partial charge in [0.05, 0.1) is 0 Å². The summed E-state index contributed by atoms with van der Waals surface area (Å²) in [7, 11) is 0. The molecular formula is C24H30N2O3. The molecule has 1 saturated heterocycles. The number of benzene rings is 2. The van der Waals surface area contributed by atoms with Gasteiger partial charge in [-0.3, -0.25) is 9.59 Å². The first-order valence-corrected chi connectivity index (χ1v) is 10.3. The van der Waals surface area contributed by atoms with E-state index in [1.54, 1.807) is 6.92 Å². The van der Waals surface area contributed by atoms with Crippen LogP contribution in [0.15, 0.2) is 42.5 Å². The molecule has 0 saturated carbocycles. The van der Waals surface area contributed by atoms with Crippen molar-refractivity contribution in [1.29, 1.82) is 0 Å². The molecule has 0 aromatic heterocycles. The zero-order chi connectivity index (χ0) is 21.0. The number of nitrogens with one attached hydrogen (secondary N) is 1. The van der Waals surface area contributed by atoms with E-state index in [1.165, 1.54) is 0 Å². The maximum Gasteiger partial charge on any atom is 0.261 e. The predicted molar refractivity (Wildman–Crippen MR) is 115 cm³/mol. The Morgan fingerprint density at radius 2 is 1.97 bits per heavy atom. The van der Waals surface area contributed by atoms with Gasteiger partial charge in [0.1, 0.15) is 5.75 Å². The van der Waals surface area contributed by atoms with Gasteiger partial charge in [0.2, 0.25) is 5.91 Å². The minimum absolute atomic E-state index is 0.160. The molecule has 154 valence electrons. The molecule has 1 fully saturated rings. The molecule has 0 aliphatic carbocycles. The molecular weight excluding hydrogens is 364 g/mol. The van der Waals surface area contributed by atoms with E-state index in [0.717, 1.165) is 41.1 Å². The molecule has 2 aromatic carbocycles. The normalized spacial score (nSPS) is 14.9. The summed E-state index contributed by atoms with van der Waals surface area (Å²) in [6, 6.07) is 13.9. The average molecular weight is 395 g/mol. The molecule has 1 aliphatic rings. The lowest BCUT2D eigenvalue weighted by molar-refractivity contribution is -0.127. The highest BCUT2D eigenvalue weighted by Gasteiger charge is 2.22. The quantitative estimate of drug-likeness (QED) is 0.760. The third-order valence-corrected chi connectivity index (χ3v) is 5.23. The van der Waals surface area contributed by atoms with Gasteiger partial charge in [-0.1, -0.05) is 38.1 Å². The molecule has 1 heterocycles. The predicted octanol–water partition coefficient (Wildman–Crippen LogP) is 4.33. The third-order valence-electron chi connectivity index (χ3n) is 5.23. The summed E-state index contributed by atoms with van der Waals surface area (Å²) in [5.74, 6) is 1.07. The Bertz CT molecular complexity index is 891. The van der Waals surface area contributed by atoms with Gasteiger partial charge in [0, 0.05) is 25.2 Å². The smallest absolute Gasteiger partial charge is 0.261 e. The van der Waals surface area contributed by atoms with E-state index in [9.17, 15) is 9.59 Å². The van der Waals surface area contributed by atoms with Crippen LogP contribution in [0.1, 0.15) is 56.2 Å². The fourth-order valence-corrected chi connectivity index (χ4v) is 3.55. The first-order chi connectivity index (χ1) is 13.8. The topological polar surface area (TPSA) is 58.6 Å². The number of hydrogen-bond donors (Lipinski definition) is 1. The minimum Gasteiger partial charge on any atom is -0.481 e. The fraction of sp³-hybridized carbons (Fsp3) is 0.417. The van der Waals surface area contributed by atoms with Gasteiger partial charge >= 0.3 is 0 Å². The highest BCUT2D eigenvalue weighted by Crippen LogP contribution is 2.28. The van der Waals surface area contributed by atoms with Crippen molar-refractivity contribution in [1.82, 2.24) is 5.32 Å².